The molecule has 1 atom stereocenters. The molecule has 1 fully saturated rings. The number of hydrogen-bond acceptors (Lipinski definition) is 3. The Balaban J connectivity index is 1.95. The normalized spacial score (nSPS) is 18.9. The highest BCUT2D eigenvalue weighted by Crippen LogP contribution is 2.17. The zero-order chi connectivity index (χ0) is 9.97. The Morgan fingerprint density at radius 3 is 2.50 bits per heavy atom. The van der Waals surface area contributed by atoms with Crippen LogP contribution in [0.5, 0.6) is 5.75 Å². The summed E-state index contributed by atoms with van der Waals surface area (Å²) in [7, 11) is 0. The van der Waals surface area contributed by atoms with Gasteiger partial charge in [0.15, 0.2) is 0 Å². The van der Waals surface area contributed by atoms with Gasteiger partial charge >= 0.3 is 0 Å². The largest absolute Gasteiger partial charge is 0.508 e. The van der Waals surface area contributed by atoms with Gasteiger partial charge in [0.25, 0.3) is 0 Å². The highest BCUT2D eigenvalue weighted by Gasteiger charge is 2.18. The first kappa shape index (κ1) is 9.49. The van der Waals surface area contributed by atoms with Gasteiger partial charge in [0.2, 0.25) is 0 Å². The van der Waals surface area contributed by atoms with E-state index in [0.29, 0.717) is 17.8 Å². The fourth-order valence-electron chi connectivity index (χ4n) is 1.62. The SMILES string of the molecule is CC(NC1CNC1)c1ccc(O)cc1. The molecule has 0 aromatic heterocycles. The summed E-state index contributed by atoms with van der Waals surface area (Å²) in [4.78, 5) is 0. The Kier molecular flexibility index (Phi) is 2.70. The van der Waals surface area contributed by atoms with E-state index in [1.165, 1.54) is 5.56 Å². The van der Waals surface area contributed by atoms with Gasteiger partial charge in [-0.1, -0.05) is 12.1 Å². The van der Waals surface area contributed by atoms with Crippen molar-refractivity contribution in [2.45, 2.75) is 19.0 Å². The number of phenolic OH excluding ortho intramolecular Hbond substituents is 1. The van der Waals surface area contributed by atoms with Crippen LogP contribution >= 0.6 is 0 Å². The van der Waals surface area contributed by atoms with Crippen LogP contribution in [0.15, 0.2) is 24.3 Å². The molecule has 1 aliphatic heterocycles. The molecule has 1 saturated heterocycles. The Morgan fingerprint density at radius 2 is 2.00 bits per heavy atom. The topological polar surface area (TPSA) is 44.3 Å². The third kappa shape index (κ3) is 2.05. The van der Waals surface area contributed by atoms with Crippen molar-refractivity contribution in [3.05, 3.63) is 29.8 Å². The van der Waals surface area contributed by atoms with Gasteiger partial charge in [-0.3, -0.25) is 0 Å². The molecule has 0 spiro atoms. The van der Waals surface area contributed by atoms with Crippen molar-refractivity contribution in [3.63, 3.8) is 0 Å². The van der Waals surface area contributed by atoms with Crippen molar-refractivity contribution >= 4 is 0 Å². The van der Waals surface area contributed by atoms with E-state index in [9.17, 15) is 0 Å². The maximum Gasteiger partial charge on any atom is 0.115 e. The van der Waals surface area contributed by atoms with Gasteiger partial charge in [-0.25, -0.2) is 0 Å². The first-order chi connectivity index (χ1) is 6.75. The van der Waals surface area contributed by atoms with E-state index < -0.39 is 0 Å². The Morgan fingerprint density at radius 1 is 1.36 bits per heavy atom. The highest BCUT2D eigenvalue weighted by atomic mass is 16.3. The summed E-state index contributed by atoms with van der Waals surface area (Å²) in [5, 5.41) is 15.9. The lowest BCUT2D eigenvalue weighted by molar-refractivity contribution is 0.338. The molecule has 14 heavy (non-hydrogen) atoms. The van der Waals surface area contributed by atoms with E-state index in [1.807, 2.05) is 12.1 Å². The molecule has 1 aliphatic rings. The minimum absolute atomic E-state index is 0.325. The molecule has 3 N–H and O–H groups in total. The minimum atomic E-state index is 0.325. The summed E-state index contributed by atoms with van der Waals surface area (Å²) in [6, 6.07) is 8.32. The number of phenols is 1. The molecule has 0 amide bonds. The van der Waals surface area contributed by atoms with Gasteiger partial charge in [-0.05, 0) is 24.6 Å². The summed E-state index contributed by atoms with van der Waals surface area (Å²) in [6.45, 7) is 4.26. The van der Waals surface area contributed by atoms with E-state index in [0.717, 1.165) is 13.1 Å². The standard InChI is InChI=1S/C11H16N2O/c1-8(13-10-6-12-7-10)9-2-4-11(14)5-3-9/h2-5,8,10,12-14H,6-7H2,1H3. The zero-order valence-corrected chi connectivity index (χ0v) is 8.33. The first-order valence-electron chi connectivity index (χ1n) is 5.01. The van der Waals surface area contributed by atoms with Crippen molar-refractivity contribution in [2.24, 2.45) is 0 Å². The fraction of sp³-hybridized carbons (Fsp3) is 0.455. The van der Waals surface area contributed by atoms with Crippen LogP contribution in [-0.4, -0.2) is 24.2 Å². The van der Waals surface area contributed by atoms with Gasteiger partial charge in [-0.15, -0.1) is 0 Å². The summed E-state index contributed by atoms with van der Waals surface area (Å²) in [6.07, 6.45) is 0. The third-order valence-electron chi connectivity index (χ3n) is 2.66. The van der Waals surface area contributed by atoms with E-state index in [4.69, 9.17) is 5.11 Å². The average Bonchev–Trinajstić information content (AvgIpc) is 2.12. The quantitative estimate of drug-likeness (QED) is 0.670. The van der Waals surface area contributed by atoms with E-state index in [2.05, 4.69) is 17.6 Å². The molecule has 0 radical (unpaired) electrons. The minimum Gasteiger partial charge on any atom is -0.508 e. The molecule has 3 heteroatoms. The Hall–Kier alpha value is -1.06. The Bertz CT molecular complexity index is 293. The van der Waals surface area contributed by atoms with Gasteiger partial charge in [0, 0.05) is 25.2 Å². The van der Waals surface area contributed by atoms with Crippen LogP contribution in [0, 0.1) is 0 Å². The summed E-state index contributed by atoms with van der Waals surface area (Å²) in [5.74, 6) is 0.325. The first-order valence-corrected chi connectivity index (χ1v) is 5.01. The molecular formula is C11H16N2O. The average molecular weight is 192 g/mol. The molecule has 76 valence electrons. The van der Waals surface area contributed by atoms with E-state index in [-0.39, 0.29) is 0 Å². The molecule has 1 heterocycles. The van der Waals surface area contributed by atoms with Crippen molar-refractivity contribution in [1.29, 1.82) is 0 Å². The smallest absolute Gasteiger partial charge is 0.115 e. The van der Waals surface area contributed by atoms with Gasteiger partial charge in [0.1, 0.15) is 5.75 Å². The van der Waals surface area contributed by atoms with Crippen LogP contribution in [0.2, 0.25) is 0 Å². The number of hydrogen-bond donors (Lipinski definition) is 3. The lowest BCUT2D eigenvalue weighted by Crippen LogP contribution is -2.55. The zero-order valence-electron chi connectivity index (χ0n) is 8.33. The van der Waals surface area contributed by atoms with Gasteiger partial charge in [0.05, 0.1) is 0 Å². The van der Waals surface area contributed by atoms with Crippen LogP contribution < -0.4 is 10.6 Å². The maximum absolute atomic E-state index is 9.15. The van der Waals surface area contributed by atoms with Crippen LogP contribution in [0.3, 0.4) is 0 Å². The van der Waals surface area contributed by atoms with Crippen molar-refractivity contribution in [3.8, 4) is 5.75 Å². The predicted octanol–water partition coefficient (Wildman–Crippen LogP) is 1.01. The van der Waals surface area contributed by atoms with Gasteiger partial charge < -0.3 is 15.7 Å². The van der Waals surface area contributed by atoms with E-state index >= 15 is 0 Å². The second-order valence-corrected chi connectivity index (χ2v) is 3.84. The Labute approximate surface area is 84.1 Å². The lowest BCUT2D eigenvalue weighted by atomic mass is 10.1. The molecule has 1 unspecified atom stereocenters. The lowest BCUT2D eigenvalue weighted by Gasteiger charge is -2.31. The van der Waals surface area contributed by atoms with Crippen molar-refractivity contribution in [1.82, 2.24) is 10.6 Å². The monoisotopic (exact) mass is 192 g/mol. The number of nitrogens with one attached hydrogen (secondary N) is 2. The van der Waals surface area contributed by atoms with Crippen LogP contribution in [-0.2, 0) is 0 Å². The number of aromatic hydroxyl groups is 1. The summed E-state index contributed by atoms with van der Waals surface area (Å²) >= 11 is 0. The second-order valence-electron chi connectivity index (χ2n) is 3.84. The molecule has 0 bridgehead atoms. The summed E-state index contributed by atoms with van der Waals surface area (Å²) < 4.78 is 0. The summed E-state index contributed by atoms with van der Waals surface area (Å²) in [5.41, 5.74) is 1.22. The molecule has 1 aromatic rings. The third-order valence-corrected chi connectivity index (χ3v) is 2.66. The molecular weight excluding hydrogens is 176 g/mol. The van der Waals surface area contributed by atoms with Gasteiger partial charge in [-0.2, -0.15) is 0 Å². The predicted molar refractivity (Wildman–Crippen MR) is 56.3 cm³/mol. The molecule has 0 aliphatic carbocycles. The van der Waals surface area contributed by atoms with Crippen molar-refractivity contribution in [2.75, 3.05) is 13.1 Å². The molecule has 0 saturated carbocycles. The van der Waals surface area contributed by atoms with Crippen LogP contribution in [0.25, 0.3) is 0 Å². The number of rotatable bonds is 3. The fourth-order valence-corrected chi connectivity index (χ4v) is 1.62. The molecule has 3 nitrogen and oxygen atoms in total. The van der Waals surface area contributed by atoms with Crippen LogP contribution in [0.4, 0.5) is 0 Å². The number of benzene rings is 1. The second kappa shape index (κ2) is 3.98. The highest BCUT2D eigenvalue weighted by molar-refractivity contribution is 5.27. The maximum atomic E-state index is 9.15. The van der Waals surface area contributed by atoms with Crippen molar-refractivity contribution < 1.29 is 5.11 Å². The molecule has 1 aromatic carbocycles. The van der Waals surface area contributed by atoms with Crippen LogP contribution in [0.1, 0.15) is 18.5 Å². The van der Waals surface area contributed by atoms with E-state index in [1.54, 1.807) is 12.1 Å². The molecule has 2 rings (SSSR count).